The molecule has 3 rings (SSSR count). The van der Waals surface area contributed by atoms with Gasteiger partial charge in [-0.15, -0.1) is 0 Å². The summed E-state index contributed by atoms with van der Waals surface area (Å²) in [5.41, 5.74) is 0.922. The number of carboxylic acid groups (broad SMARTS) is 1. The molecule has 0 fully saturated rings. The molecule has 0 aliphatic carbocycles. The van der Waals surface area contributed by atoms with Crippen molar-refractivity contribution in [2.24, 2.45) is 0 Å². The van der Waals surface area contributed by atoms with Crippen molar-refractivity contribution < 1.29 is 14.6 Å². The van der Waals surface area contributed by atoms with Crippen LogP contribution in [0.3, 0.4) is 0 Å². The van der Waals surface area contributed by atoms with Gasteiger partial charge in [0.25, 0.3) is 5.56 Å². The summed E-state index contributed by atoms with van der Waals surface area (Å²) >= 11 is 0. The fourth-order valence-electron chi connectivity index (χ4n) is 2.86. The number of allylic oxidation sites excluding steroid dienone is 1. The van der Waals surface area contributed by atoms with E-state index in [1.165, 1.54) is 4.57 Å². The molecular weight excluding hydrogens is 322 g/mol. The number of rotatable bonds is 4. The fraction of sp³-hybridized carbons (Fsp3) is 0.278. The molecule has 2 aromatic rings. The number of carbonyl (C=O) groups is 1. The largest absolute Gasteiger partial charge is 0.497 e. The van der Waals surface area contributed by atoms with Crippen LogP contribution >= 0.6 is 0 Å². The Bertz CT molecular complexity index is 884. The number of aromatic nitrogens is 2. The number of hydrogen-bond donors (Lipinski definition) is 2. The molecule has 7 heteroatoms. The highest BCUT2D eigenvalue weighted by molar-refractivity contribution is 5.87. The molecule has 0 amide bonds. The minimum absolute atomic E-state index is 0.0903. The van der Waals surface area contributed by atoms with Gasteiger partial charge in [0, 0.05) is 29.7 Å². The number of carboxylic acids is 1. The topological polar surface area (TPSA) is 93.4 Å². The molecule has 1 atom stereocenters. The maximum Gasteiger partial charge on any atom is 0.342 e. The van der Waals surface area contributed by atoms with Crippen LogP contribution in [0.4, 0.5) is 5.69 Å². The zero-order valence-electron chi connectivity index (χ0n) is 14.0. The molecule has 0 spiro atoms. The standard InChI is InChI=1S/C18H19N3O4/c1-11-3-4-12(9-19-13-5-7-14(25-2)8-6-13)16-20-10-15(18(23)24)17(22)21(11)16/h5-11,19H,3-4H2,1-2H3,(H,23,24)/b12-9+. The molecule has 1 aliphatic heterocycles. The highest BCUT2D eigenvalue weighted by Crippen LogP contribution is 2.30. The van der Waals surface area contributed by atoms with Gasteiger partial charge < -0.3 is 15.2 Å². The van der Waals surface area contributed by atoms with Gasteiger partial charge in [-0.05, 0) is 44.0 Å². The van der Waals surface area contributed by atoms with Gasteiger partial charge in [-0.2, -0.15) is 0 Å². The molecule has 0 saturated carbocycles. The van der Waals surface area contributed by atoms with Gasteiger partial charge in [0.2, 0.25) is 0 Å². The van der Waals surface area contributed by atoms with Crippen molar-refractivity contribution in [1.29, 1.82) is 0 Å². The summed E-state index contributed by atoms with van der Waals surface area (Å²) < 4.78 is 6.59. The predicted octanol–water partition coefficient (Wildman–Crippen LogP) is 2.76. The molecule has 1 aromatic carbocycles. The number of aromatic carboxylic acids is 1. The first-order valence-corrected chi connectivity index (χ1v) is 7.96. The Kier molecular flexibility index (Phi) is 4.56. The summed E-state index contributed by atoms with van der Waals surface area (Å²) in [6.45, 7) is 1.89. The van der Waals surface area contributed by atoms with Gasteiger partial charge in [0.15, 0.2) is 0 Å². The SMILES string of the molecule is COc1ccc(N/C=C2\CCC(C)n3c2ncc(C(=O)O)c3=O)cc1. The molecule has 1 aliphatic rings. The molecule has 2 heterocycles. The van der Waals surface area contributed by atoms with E-state index in [4.69, 9.17) is 9.84 Å². The lowest BCUT2D eigenvalue weighted by Gasteiger charge is -2.26. The third-order valence-corrected chi connectivity index (χ3v) is 4.29. The number of hydrogen-bond acceptors (Lipinski definition) is 5. The van der Waals surface area contributed by atoms with Crippen LogP contribution in [-0.2, 0) is 0 Å². The minimum Gasteiger partial charge on any atom is -0.497 e. The average Bonchev–Trinajstić information content (AvgIpc) is 2.61. The number of nitrogens with one attached hydrogen (secondary N) is 1. The van der Waals surface area contributed by atoms with Gasteiger partial charge in [-0.3, -0.25) is 9.36 Å². The second-order valence-corrected chi connectivity index (χ2v) is 5.91. The molecule has 0 radical (unpaired) electrons. The lowest BCUT2D eigenvalue weighted by atomic mass is 10.0. The van der Waals surface area contributed by atoms with Crippen molar-refractivity contribution in [2.45, 2.75) is 25.8 Å². The molecule has 0 bridgehead atoms. The number of ether oxygens (including phenoxy) is 1. The highest BCUT2D eigenvalue weighted by Gasteiger charge is 2.25. The Balaban J connectivity index is 1.94. The first-order chi connectivity index (χ1) is 12.0. The van der Waals surface area contributed by atoms with Crippen LogP contribution in [0.15, 0.2) is 41.5 Å². The maximum absolute atomic E-state index is 12.4. The first-order valence-electron chi connectivity index (χ1n) is 7.96. The van der Waals surface area contributed by atoms with E-state index in [2.05, 4.69) is 10.3 Å². The van der Waals surface area contributed by atoms with Crippen LogP contribution in [0, 0.1) is 0 Å². The Morgan fingerprint density at radius 1 is 1.40 bits per heavy atom. The van der Waals surface area contributed by atoms with Crippen LogP contribution < -0.4 is 15.6 Å². The monoisotopic (exact) mass is 341 g/mol. The van der Waals surface area contributed by atoms with Crippen LogP contribution in [0.5, 0.6) is 5.75 Å². The number of fused-ring (bicyclic) bond motifs is 1. The lowest BCUT2D eigenvalue weighted by molar-refractivity contribution is 0.0693. The predicted molar refractivity (Wildman–Crippen MR) is 94.0 cm³/mol. The lowest BCUT2D eigenvalue weighted by Crippen LogP contribution is -2.34. The zero-order valence-corrected chi connectivity index (χ0v) is 14.0. The van der Waals surface area contributed by atoms with Gasteiger partial charge in [0.05, 0.1) is 7.11 Å². The van der Waals surface area contributed by atoms with Crippen LogP contribution in [0.25, 0.3) is 5.57 Å². The van der Waals surface area contributed by atoms with Crippen molar-refractivity contribution in [3.63, 3.8) is 0 Å². The van der Waals surface area contributed by atoms with E-state index in [0.29, 0.717) is 5.82 Å². The Hall–Kier alpha value is -3.09. The highest BCUT2D eigenvalue weighted by atomic mass is 16.5. The molecule has 1 aromatic heterocycles. The van der Waals surface area contributed by atoms with E-state index in [-0.39, 0.29) is 11.6 Å². The van der Waals surface area contributed by atoms with E-state index >= 15 is 0 Å². The van der Waals surface area contributed by atoms with Crippen molar-refractivity contribution in [3.8, 4) is 5.75 Å². The van der Waals surface area contributed by atoms with Gasteiger partial charge in [-0.1, -0.05) is 0 Å². The van der Waals surface area contributed by atoms with Crippen LogP contribution in [-0.4, -0.2) is 27.7 Å². The van der Waals surface area contributed by atoms with Gasteiger partial charge >= 0.3 is 5.97 Å². The van der Waals surface area contributed by atoms with E-state index in [1.807, 2.05) is 37.4 Å². The Morgan fingerprint density at radius 2 is 2.12 bits per heavy atom. The van der Waals surface area contributed by atoms with Gasteiger partial charge in [0.1, 0.15) is 17.1 Å². The molecule has 2 N–H and O–H groups in total. The smallest absolute Gasteiger partial charge is 0.342 e. The molecule has 130 valence electrons. The number of nitrogens with zero attached hydrogens (tertiary/aromatic N) is 2. The normalized spacial score (nSPS) is 17.8. The van der Waals surface area contributed by atoms with E-state index in [9.17, 15) is 9.59 Å². The zero-order chi connectivity index (χ0) is 18.0. The summed E-state index contributed by atoms with van der Waals surface area (Å²) in [6, 6.07) is 7.37. The Morgan fingerprint density at radius 3 is 2.76 bits per heavy atom. The third kappa shape index (κ3) is 3.26. The summed E-state index contributed by atoms with van der Waals surface area (Å²) in [6.07, 6.45) is 4.44. The van der Waals surface area contributed by atoms with Crippen molar-refractivity contribution in [1.82, 2.24) is 9.55 Å². The summed E-state index contributed by atoms with van der Waals surface area (Å²) in [5, 5.41) is 12.3. The second kappa shape index (κ2) is 6.80. The molecule has 1 unspecified atom stereocenters. The molecular formula is C18H19N3O4. The Labute approximate surface area is 144 Å². The van der Waals surface area contributed by atoms with E-state index in [0.717, 1.165) is 36.0 Å². The van der Waals surface area contributed by atoms with Crippen LogP contribution in [0.2, 0.25) is 0 Å². The van der Waals surface area contributed by atoms with Crippen LogP contribution in [0.1, 0.15) is 42.0 Å². The summed E-state index contributed by atoms with van der Waals surface area (Å²) in [4.78, 5) is 27.8. The maximum atomic E-state index is 12.4. The summed E-state index contributed by atoms with van der Waals surface area (Å²) in [5.74, 6) is 0.0201. The van der Waals surface area contributed by atoms with E-state index in [1.54, 1.807) is 7.11 Å². The molecule has 0 saturated heterocycles. The molecule has 7 nitrogen and oxygen atoms in total. The fourth-order valence-corrected chi connectivity index (χ4v) is 2.86. The first kappa shape index (κ1) is 16.8. The minimum atomic E-state index is -1.26. The van der Waals surface area contributed by atoms with Gasteiger partial charge in [-0.25, -0.2) is 9.78 Å². The summed E-state index contributed by atoms with van der Waals surface area (Å²) in [7, 11) is 1.61. The second-order valence-electron chi connectivity index (χ2n) is 5.91. The quantitative estimate of drug-likeness (QED) is 0.888. The van der Waals surface area contributed by atoms with Crippen molar-refractivity contribution in [2.75, 3.05) is 12.4 Å². The van der Waals surface area contributed by atoms with E-state index < -0.39 is 11.5 Å². The number of anilines is 1. The number of benzene rings is 1. The van der Waals surface area contributed by atoms with Crippen molar-refractivity contribution >= 4 is 17.2 Å². The number of methoxy groups -OCH3 is 1. The van der Waals surface area contributed by atoms with Crippen molar-refractivity contribution in [3.05, 3.63) is 58.4 Å². The third-order valence-electron chi connectivity index (χ3n) is 4.29. The molecule has 25 heavy (non-hydrogen) atoms. The average molecular weight is 341 g/mol.